The summed E-state index contributed by atoms with van der Waals surface area (Å²) >= 11 is 0. The molecule has 0 aliphatic carbocycles. The summed E-state index contributed by atoms with van der Waals surface area (Å²) in [7, 11) is 0. The quantitative estimate of drug-likeness (QED) is 0.342. The third kappa shape index (κ3) is 11.9. The molecular formula is C17H28Cl4N4. The Balaban J connectivity index is -0.00000121. The molecule has 0 unspecified atom stereocenters. The van der Waals surface area contributed by atoms with E-state index in [2.05, 4.69) is 10.6 Å². The van der Waals surface area contributed by atoms with Gasteiger partial charge in [0.15, 0.2) is 0 Å². The standard InChI is InChI=1S/C17H24N4.4ClH/c18-14-4-8-16(9-5-14)20-12-2-1-3-13-21-17-10-6-15(19)7-11-17;;;;/h4-11,20-21H,1-3,12-13,18-19H2;4*1H. The van der Waals surface area contributed by atoms with Crippen molar-refractivity contribution in [2.75, 3.05) is 35.2 Å². The third-order valence-electron chi connectivity index (χ3n) is 3.33. The van der Waals surface area contributed by atoms with Crippen LogP contribution in [0.25, 0.3) is 0 Å². The largest absolute Gasteiger partial charge is 0.399 e. The van der Waals surface area contributed by atoms with Crippen LogP contribution in [0.3, 0.4) is 0 Å². The number of nitrogens with one attached hydrogen (secondary N) is 2. The van der Waals surface area contributed by atoms with E-state index >= 15 is 0 Å². The normalized spacial score (nSPS) is 8.64. The van der Waals surface area contributed by atoms with Gasteiger partial charge in [-0.15, -0.1) is 49.6 Å². The van der Waals surface area contributed by atoms with Crippen molar-refractivity contribution < 1.29 is 0 Å². The van der Waals surface area contributed by atoms with Gasteiger partial charge in [-0.05, 0) is 67.8 Å². The minimum atomic E-state index is 0. The maximum Gasteiger partial charge on any atom is 0.0341 e. The van der Waals surface area contributed by atoms with Crippen LogP contribution in [0, 0.1) is 0 Å². The first-order chi connectivity index (χ1) is 10.2. The maximum atomic E-state index is 5.65. The Kier molecular flexibility index (Phi) is 18.6. The molecule has 0 aliphatic rings. The molecule has 144 valence electrons. The smallest absolute Gasteiger partial charge is 0.0341 e. The zero-order valence-corrected chi connectivity index (χ0v) is 17.2. The third-order valence-corrected chi connectivity index (χ3v) is 3.33. The van der Waals surface area contributed by atoms with Crippen LogP contribution >= 0.6 is 49.6 Å². The molecule has 0 amide bonds. The molecule has 0 spiro atoms. The summed E-state index contributed by atoms with van der Waals surface area (Å²) in [4.78, 5) is 0. The minimum absolute atomic E-state index is 0. The molecular weight excluding hydrogens is 402 g/mol. The first-order valence-corrected chi connectivity index (χ1v) is 7.43. The highest BCUT2D eigenvalue weighted by molar-refractivity contribution is 5.86. The monoisotopic (exact) mass is 428 g/mol. The van der Waals surface area contributed by atoms with Crippen molar-refractivity contribution in [2.45, 2.75) is 19.3 Å². The molecule has 0 bridgehead atoms. The molecule has 8 heteroatoms. The van der Waals surface area contributed by atoms with Crippen molar-refractivity contribution in [3.63, 3.8) is 0 Å². The number of halogens is 4. The van der Waals surface area contributed by atoms with Crippen LogP contribution in [0.1, 0.15) is 19.3 Å². The van der Waals surface area contributed by atoms with E-state index < -0.39 is 0 Å². The van der Waals surface area contributed by atoms with Gasteiger partial charge in [-0.1, -0.05) is 0 Å². The van der Waals surface area contributed by atoms with Gasteiger partial charge >= 0.3 is 0 Å². The Bertz CT molecular complexity index is 486. The van der Waals surface area contributed by atoms with Gasteiger partial charge in [0.05, 0.1) is 0 Å². The van der Waals surface area contributed by atoms with E-state index in [9.17, 15) is 0 Å². The highest BCUT2D eigenvalue weighted by Gasteiger charge is 1.94. The SMILES string of the molecule is Cl.Cl.Cl.Cl.Nc1ccc(NCCCCCNc2ccc(N)cc2)cc1. The molecule has 0 radical (unpaired) electrons. The number of rotatable bonds is 8. The topological polar surface area (TPSA) is 76.1 Å². The van der Waals surface area contributed by atoms with E-state index in [0.29, 0.717) is 0 Å². The highest BCUT2D eigenvalue weighted by Crippen LogP contribution is 2.12. The fraction of sp³-hybridized carbons (Fsp3) is 0.294. The van der Waals surface area contributed by atoms with Crippen molar-refractivity contribution >= 4 is 72.4 Å². The second-order valence-corrected chi connectivity index (χ2v) is 5.16. The predicted octanol–water partition coefficient (Wildman–Crippen LogP) is 5.23. The van der Waals surface area contributed by atoms with Crippen molar-refractivity contribution in [3.8, 4) is 0 Å². The van der Waals surface area contributed by atoms with Crippen molar-refractivity contribution in [1.29, 1.82) is 0 Å². The molecule has 25 heavy (non-hydrogen) atoms. The summed E-state index contributed by atoms with van der Waals surface area (Å²) < 4.78 is 0. The van der Waals surface area contributed by atoms with Gasteiger partial charge in [-0.3, -0.25) is 0 Å². The summed E-state index contributed by atoms with van der Waals surface area (Å²) in [6.45, 7) is 1.98. The summed E-state index contributed by atoms with van der Waals surface area (Å²) in [5, 5.41) is 6.79. The van der Waals surface area contributed by atoms with E-state index in [1.807, 2.05) is 48.5 Å². The average Bonchev–Trinajstić information content (AvgIpc) is 2.50. The number of benzene rings is 2. The number of nitrogen functional groups attached to an aromatic ring is 2. The Hall–Kier alpha value is -1.20. The first-order valence-electron chi connectivity index (χ1n) is 7.43. The van der Waals surface area contributed by atoms with E-state index in [1.54, 1.807) is 0 Å². The van der Waals surface area contributed by atoms with Crippen LogP contribution in [0.5, 0.6) is 0 Å². The van der Waals surface area contributed by atoms with Crippen LogP contribution in [0.4, 0.5) is 22.7 Å². The first kappa shape index (κ1) is 28.6. The van der Waals surface area contributed by atoms with E-state index in [0.717, 1.165) is 48.7 Å². The van der Waals surface area contributed by atoms with Crippen molar-refractivity contribution in [2.24, 2.45) is 0 Å². The summed E-state index contributed by atoms with van der Waals surface area (Å²) in [5.74, 6) is 0. The van der Waals surface area contributed by atoms with Crippen LogP contribution in [0.2, 0.25) is 0 Å². The van der Waals surface area contributed by atoms with Gasteiger partial charge in [-0.25, -0.2) is 0 Å². The van der Waals surface area contributed by atoms with E-state index in [4.69, 9.17) is 11.5 Å². The lowest BCUT2D eigenvalue weighted by atomic mass is 10.2. The highest BCUT2D eigenvalue weighted by atomic mass is 35.5. The van der Waals surface area contributed by atoms with Crippen molar-refractivity contribution in [3.05, 3.63) is 48.5 Å². The molecule has 2 aromatic carbocycles. The van der Waals surface area contributed by atoms with Gasteiger partial charge < -0.3 is 22.1 Å². The molecule has 0 atom stereocenters. The molecule has 2 rings (SSSR count). The molecule has 6 N–H and O–H groups in total. The van der Waals surface area contributed by atoms with Crippen LogP contribution in [-0.2, 0) is 0 Å². The Morgan fingerprint density at radius 3 is 1.16 bits per heavy atom. The molecule has 0 aliphatic heterocycles. The number of nitrogens with two attached hydrogens (primary N) is 2. The molecule has 0 heterocycles. The fourth-order valence-corrected chi connectivity index (χ4v) is 2.09. The lowest BCUT2D eigenvalue weighted by Gasteiger charge is -2.08. The summed E-state index contributed by atoms with van der Waals surface area (Å²) in [6.07, 6.45) is 3.52. The number of anilines is 4. The van der Waals surface area contributed by atoms with Gasteiger partial charge in [0.2, 0.25) is 0 Å². The summed E-state index contributed by atoms with van der Waals surface area (Å²) in [5.41, 5.74) is 15.2. The van der Waals surface area contributed by atoms with Crippen LogP contribution in [0.15, 0.2) is 48.5 Å². The zero-order chi connectivity index (χ0) is 14.9. The maximum absolute atomic E-state index is 5.65. The summed E-state index contributed by atoms with van der Waals surface area (Å²) in [6, 6.07) is 15.7. The number of hydrogen-bond donors (Lipinski definition) is 4. The lowest BCUT2D eigenvalue weighted by Crippen LogP contribution is -2.04. The molecule has 2 aromatic rings. The molecule has 4 nitrogen and oxygen atoms in total. The fourth-order valence-electron chi connectivity index (χ4n) is 2.09. The van der Waals surface area contributed by atoms with E-state index in [1.165, 1.54) is 6.42 Å². The zero-order valence-electron chi connectivity index (χ0n) is 13.9. The van der Waals surface area contributed by atoms with Gasteiger partial charge in [0.1, 0.15) is 0 Å². The Morgan fingerprint density at radius 1 is 0.520 bits per heavy atom. The number of hydrogen-bond acceptors (Lipinski definition) is 4. The number of unbranched alkanes of at least 4 members (excludes halogenated alkanes) is 2. The van der Waals surface area contributed by atoms with Crippen LogP contribution < -0.4 is 22.1 Å². The molecule has 0 saturated carbocycles. The minimum Gasteiger partial charge on any atom is -0.399 e. The predicted molar refractivity (Wildman–Crippen MR) is 122 cm³/mol. The van der Waals surface area contributed by atoms with Gasteiger partial charge in [-0.2, -0.15) is 0 Å². The lowest BCUT2D eigenvalue weighted by molar-refractivity contribution is 0.721. The molecule has 0 saturated heterocycles. The second-order valence-electron chi connectivity index (χ2n) is 5.16. The molecule has 0 fully saturated rings. The van der Waals surface area contributed by atoms with E-state index in [-0.39, 0.29) is 49.6 Å². The van der Waals surface area contributed by atoms with Gasteiger partial charge in [0.25, 0.3) is 0 Å². The Morgan fingerprint density at radius 2 is 0.840 bits per heavy atom. The van der Waals surface area contributed by atoms with Crippen LogP contribution in [-0.4, -0.2) is 13.1 Å². The second kappa shape index (κ2) is 16.3. The van der Waals surface area contributed by atoms with Crippen molar-refractivity contribution in [1.82, 2.24) is 0 Å². The van der Waals surface area contributed by atoms with Gasteiger partial charge in [0, 0.05) is 35.8 Å². The average molecular weight is 430 g/mol. The molecule has 0 aromatic heterocycles. The Labute approximate surface area is 175 Å².